The van der Waals surface area contributed by atoms with Crippen molar-refractivity contribution in [3.63, 3.8) is 0 Å². The zero-order valence-electron chi connectivity index (χ0n) is 12.5. The molecule has 0 unspecified atom stereocenters. The van der Waals surface area contributed by atoms with Crippen molar-refractivity contribution in [2.45, 2.75) is 5.09 Å². The molecule has 0 fully saturated rings. The Bertz CT molecular complexity index is 1020. The maximum absolute atomic E-state index is 12.0. The van der Waals surface area contributed by atoms with Crippen LogP contribution in [0.3, 0.4) is 0 Å². The zero-order chi connectivity index (χ0) is 17.9. The number of rotatable bonds is 5. The fourth-order valence-corrected chi connectivity index (χ4v) is 2.38. The van der Waals surface area contributed by atoms with Crippen molar-refractivity contribution >= 4 is 22.2 Å². The van der Waals surface area contributed by atoms with Gasteiger partial charge in [-0.25, -0.2) is 13.8 Å². The van der Waals surface area contributed by atoms with E-state index in [-0.39, 0.29) is 11.5 Å². The van der Waals surface area contributed by atoms with Crippen LogP contribution in [0.2, 0.25) is 0 Å². The average molecular weight is 359 g/mol. The summed E-state index contributed by atoms with van der Waals surface area (Å²) in [7, 11) is -4.67. The summed E-state index contributed by atoms with van der Waals surface area (Å²) in [5, 5.41) is 9.55. The second-order valence-corrected chi connectivity index (χ2v) is 6.15. The minimum atomic E-state index is -4.67. The molecule has 128 valence electrons. The van der Waals surface area contributed by atoms with Gasteiger partial charge >= 0.3 is 0 Å². The van der Waals surface area contributed by atoms with E-state index in [0.717, 1.165) is 17.8 Å². The minimum Gasteiger partial charge on any atom is -0.742 e. The van der Waals surface area contributed by atoms with E-state index in [1.54, 1.807) is 6.07 Å². The van der Waals surface area contributed by atoms with Crippen molar-refractivity contribution in [1.82, 2.24) is 15.6 Å². The quantitative estimate of drug-likeness (QED) is 0.400. The highest BCUT2D eigenvalue weighted by Crippen LogP contribution is 2.16. The number of hydrogen-bond acceptors (Lipinski definition) is 7. The maximum atomic E-state index is 12.0. The first-order valence-corrected chi connectivity index (χ1v) is 8.34. The van der Waals surface area contributed by atoms with Gasteiger partial charge in [0.15, 0.2) is 10.1 Å². The van der Waals surface area contributed by atoms with E-state index < -0.39 is 21.1 Å². The third-order valence-electron chi connectivity index (χ3n) is 3.10. The van der Waals surface area contributed by atoms with Gasteiger partial charge in [-0.3, -0.25) is 9.89 Å². The number of nitrogens with one attached hydrogen (secondary N) is 2. The normalized spacial score (nSPS) is 11.7. The summed E-state index contributed by atoms with van der Waals surface area (Å²) in [5.41, 5.74) is 3.88. The first-order chi connectivity index (χ1) is 11.9. The van der Waals surface area contributed by atoms with Crippen molar-refractivity contribution < 1.29 is 22.2 Å². The standard InChI is InChI=1S/C15H12N4O5S/c20-15(13-8-12(17-18-13)10-4-2-1-3-5-10)19-16-9-11-6-7-14(24-11)25(21,22)23/h1-9H,(H,17,18)(H,19,20)(H,21,22,23)/p-1/b16-9-. The number of aromatic amines is 1. The molecule has 0 saturated heterocycles. The molecule has 2 heterocycles. The van der Waals surface area contributed by atoms with Crippen molar-refractivity contribution in [2.75, 3.05) is 0 Å². The first-order valence-electron chi connectivity index (χ1n) is 6.93. The van der Waals surface area contributed by atoms with Gasteiger partial charge in [0.05, 0.1) is 11.9 Å². The predicted molar refractivity (Wildman–Crippen MR) is 85.8 cm³/mol. The van der Waals surface area contributed by atoms with Crippen LogP contribution < -0.4 is 5.43 Å². The van der Waals surface area contributed by atoms with Gasteiger partial charge in [0.2, 0.25) is 5.09 Å². The molecule has 10 heteroatoms. The molecule has 0 radical (unpaired) electrons. The van der Waals surface area contributed by atoms with Gasteiger partial charge in [-0.1, -0.05) is 30.3 Å². The Morgan fingerprint density at radius 1 is 1.24 bits per heavy atom. The van der Waals surface area contributed by atoms with Crippen LogP contribution >= 0.6 is 0 Å². The van der Waals surface area contributed by atoms with Gasteiger partial charge < -0.3 is 8.97 Å². The lowest BCUT2D eigenvalue weighted by atomic mass is 10.1. The molecule has 0 aliphatic heterocycles. The highest BCUT2D eigenvalue weighted by molar-refractivity contribution is 7.85. The lowest BCUT2D eigenvalue weighted by Gasteiger charge is -2.00. The number of furan rings is 1. The molecule has 1 amide bonds. The van der Waals surface area contributed by atoms with E-state index in [2.05, 4.69) is 20.7 Å². The molecule has 0 aliphatic carbocycles. The molecule has 0 bridgehead atoms. The summed E-state index contributed by atoms with van der Waals surface area (Å²) in [6.45, 7) is 0. The largest absolute Gasteiger partial charge is 0.742 e. The topological polar surface area (TPSA) is 140 Å². The van der Waals surface area contributed by atoms with Crippen molar-refractivity contribution in [1.29, 1.82) is 0 Å². The Morgan fingerprint density at radius 2 is 2.00 bits per heavy atom. The maximum Gasteiger partial charge on any atom is 0.289 e. The van der Waals surface area contributed by atoms with E-state index in [4.69, 9.17) is 4.42 Å². The van der Waals surface area contributed by atoms with E-state index in [9.17, 15) is 17.8 Å². The molecule has 3 rings (SSSR count). The Kier molecular flexibility index (Phi) is 4.46. The first kappa shape index (κ1) is 16.6. The molecule has 0 aliphatic rings. The van der Waals surface area contributed by atoms with Crippen molar-refractivity contribution in [2.24, 2.45) is 5.10 Å². The van der Waals surface area contributed by atoms with Crippen molar-refractivity contribution in [3.8, 4) is 11.3 Å². The lowest BCUT2D eigenvalue weighted by Crippen LogP contribution is -2.17. The van der Waals surface area contributed by atoms with E-state index in [1.165, 1.54) is 6.07 Å². The van der Waals surface area contributed by atoms with Crippen LogP contribution in [0.1, 0.15) is 16.2 Å². The fraction of sp³-hybridized carbons (Fsp3) is 0. The summed E-state index contributed by atoms with van der Waals surface area (Å²) < 4.78 is 37.1. The number of carbonyl (C=O) groups is 1. The number of benzene rings is 1. The number of nitrogens with zero attached hydrogens (tertiary/aromatic N) is 2. The Labute approximate surface area is 142 Å². The molecule has 0 spiro atoms. The van der Waals surface area contributed by atoms with Crippen LogP contribution in [0.25, 0.3) is 11.3 Å². The van der Waals surface area contributed by atoms with Crippen LogP contribution in [-0.4, -0.2) is 35.3 Å². The molecule has 3 aromatic rings. The summed E-state index contributed by atoms with van der Waals surface area (Å²) >= 11 is 0. The van der Waals surface area contributed by atoms with Gasteiger partial charge in [0, 0.05) is 5.56 Å². The Hall–Kier alpha value is -3.24. The summed E-state index contributed by atoms with van der Waals surface area (Å²) in [4.78, 5) is 12.0. The summed E-state index contributed by atoms with van der Waals surface area (Å²) in [6.07, 6.45) is 1.07. The van der Waals surface area contributed by atoms with Gasteiger partial charge in [-0.15, -0.1) is 0 Å². The van der Waals surface area contributed by atoms with Crippen LogP contribution in [0.4, 0.5) is 0 Å². The molecule has 1 aromatic carbocycles. The van der Waals surface area contributed by atoms with Gasteiger partial charge in [-0.2, -0.15) is 10.2 Å². The highest BCUT2D eigenvalue weighted by Gasteiger charge is 2.10. The Morgan fingerprint density at radius 3 is 2.68 bits per heavy atom. The summed E-state index contributed by atoms with van der Waals surface area (Å²) in [5.74, 6) is -0.543. The van der Waals surface area contributed by atoms with Crippen LogP contribution in [0.5, 0.6) is 0 Å². The van der Waals surface area contributed by atoms with E-state index >= 15 is 0 Å². The number of hydrogen-bond donors (Lipinski definition) is 2. The lowest BCUT2D eigenvalue weighted by molar-refractivity contribution is 0.0950. The second kappa shape index (κ2) is 6.71. The minimum absolute atomic E-state index is 0.00399. The summed E-state index contributed by atoms with van der Waals surface area (Å²) in [6, 6.07) is 13.1. The van der Waals surface area contributed by atoms with E-state index in [0.29, 0.717) is 5.69 Å². The van der Waals surface area contributed by atoms with Crippen LogP contribution in [0, 0.1) is 0 Å². The fourth-order valence-electron chi connectivity index (χ4n) is 1.95. The molecule has 0 saturated carbocycles. The molecule has 2 N–H and O–H groups in total. The molecule has 0 atom stereocenters. The Balaban J connectivity index is 1.65. The van der Waals surface area contributed by atoms with Gasteiger partial charge in [0.25, 0.3) is 5.91 Å². The van der Waals surface area contributed by atoms with E-state index in [1.807, 2.05) is 30.3 Å². The molecular formula is C15H11N4O5S-. The third kappa shape index (κ3) is 4.00. The molecule has 2 aromatic heterocycles. The number of carbonyl (C=O) groups excluding carboxylic acids is 1. The molecular weight excluding hydrogens is 348 g/mol. The average Bonchev–Trinajstić information content (AvgIpc) is 3.25. The van der Waals surface area contributed by atoms with Crippen LogP contribution in [0.15, 0.2) is 63.1 Å². The predicted octanol–water partition coefficient (Wildman–Crippen LogP) is 1.34. The molecule has 25 heavy (non-hydrogen) atoms. The van der Waals surface area contributed by atoms with Crippen LogP contribution in [-0.2, 0) is 10.1 Å². The number of hydrazone groups is 1. The second-order valence-electron chi connectivity index (χ2n) is 4.84. The number of amides is 1. The number of aromatic nitrogens is 2. The smallest absolute Gasteiger partial charge is 0.289 e. The van der Waals surface area contributed by atoms with Crippen molar-refractivity contribution in [3.05, 3.63) is 60.0 Å². The van der Waals surface area contributed by atoms with Gasteiger partial charge in [0.1, 0.15) is 11.5 Å². The zero-order valence-corrected chi connectivity index (χ0v) is 13.4. The highest BCUT2D eigenvalue weighted by atomic mass is 32.2. The molecule has 9 nitrogen and oxygen atoms in total. The monoisotopic (exact) mass is 359 g/mol. The third-order valence-corrected chi connectivity index (χ3v) is 3.81. The van der Waals surface area contributed by atoms with Gasteiger partial charge in [-0.05, 0) is 18.2 Å². The SMILES string of the molecule is O=C(N/N=C\c1ccc(S(=O)(=O)[O-])o1)c1cc(-c2ccccc2)n[nH]1. The number of H-pyrrole nitrogens is 1.